The second-order valence-corrected chi connectivity index (χ2v) is 3.60. The van der Waals surface area contributed by atoms with Gasteiger partial charge in [-0.05, 0) is 30.2 Å². The maximum absolute atomic E-state index is 12.5. The number of esters is 2. The number of rotatable bonds is 2. The summed E-state index contributed by atoms with van der Waals surface area (Å²) in [7, 11) is 0. The molecule has 18 heavy (non-hydrogen) atoms. The molecule has 1 aromatic rings. The minimum Gasteiger partial charge on any atom is -0.390 e. The maximum Gasteiger partial charge on any atom is 0.416 e. The lowest BCUT2D eigenvalue weighted by atomic mass is 10.0. The first-order chi connectivity index (χ1) is 8.25. The van der Waals surface area contributed by atoms with Crippen molar-refractivity contribution in [3.8, 4) is 0 Å². The Kier molecular flexibility index (Phi) is 4.11. The molecule has 0 amide bonds. The molecule has 0 spiro atoms. The van der Waals surface area contributed by atoms with Gasteiger partial charge in [0.1, 0.15) is 0 Å². The van der Waals surface area contributed by atoms with Crippen molar-refractivity contribution in [1.82, 2.24) is 0 Å². The summed E-state index contributed by atoms with van der Waals surface area (Å²) in [5.74, 6) is -1.74. The van der Waals surface area contributed by atoms with E-state index in [9.17, 15) is 22.8 Å². The van der Waals surface area contributed by atoms with Gasteiger partial charge in [0.15, 0.2) is 0 Å². The molecule has 0 aliphatic heterocycles. The molecule has 0 bridgehead atoms. The van der Waals surface area contributed by atoms with Crippen LogP contribution in [0.5, 0.6) is 0 Å². The number of alkyl halides is 3. The predicted octanol–water partition coefficient (Wildman–Crippen LogP) is 2.97. The van der Waals surface area contributed by atoms with Crippen LogP contribution in [0.1, 0.15) is 35.3 Å². The van der Waals surface area contributed by atoms with Crippen molar-refractivity contribution in [3.05, 3.63) is 34.9 Å². The lowest BCUT2D eigenvalue weighted by molar-refractivity contribution is -0.138. The van der Waals surface area contributed by atoms with Crippen LogP contribution in [0.15, 0.2) is 18.2 Å². The second-order valence-electron chi connectivity index (χ2n) is 3.60. The molecular weight excluding hydrogens is 249 g/mol. The smallest absolute Gasteiger partial charge is 0.390 e. The number of carbonyl (C=O) groups is 2. The third kappa shape index (κ3) is 3.32. The summed E-state index contributed by atoms with van der Waals surface area (Å²) in [6, 6.07) is 2.69. The fourth-order valence-electron chi connectivity index (χ4n) is 1.45. The highest BCUT2D eigenvalue weighted by Gasteiger charge is 2.31. The summed E-state index contributed by atoms with van der Waals surface area (Å²) < 4.78 is 41.8. The van der Waals surface area contributed by atoms with Gasteiger partial charge in [-0.15, -0.1) is 0 Å². The molecule has 0 aliphatic carbocycles. The maximum atomic E-state index is 12.5. The Morgan fingerprint density at radius 2 is 1.89 bits per heavy atom. The first-order valence-electron chi connectivity index (χ1n) is 5.18. The van der Waals surface area contributed by atoms with Crippen molar-refractivity contribution >= 4 is 11.9 Å². The van der Waals surface area contributed by atoms with Gasteiger partial charge in [-0.3, -0.25) is 4.79 Å². The molecule has 1 rings (SSSR count). The molecule has 0 heterocycles. The quantitative estimate of drug-likeness (QED) is 0.606. The monoisotopic (exact) mass is 260 g/mol. The normalized spacial score (nSPS) is 11.2. The van der Waals surface area contributed by atoms with Crippen molar-refractivity contribution in [2.24, 2.45) is 0 Å². The predicted molar refractivity (Wildman–Crippen MR) is 56.9 cm³/mol. The summed E-state index contributed by atoms with van der Waals surface area (Å²) >= 11 is 0. The van der Waals surface area contributed by atoms with E-state index in [-0.39, 0.29) is 17.5 Å². The van der Waals surface area contributed by atoms with E-state index in [2.05, 4.69) is 4.74 Å². The van der Waals surface area contributed by atoms with Crippen LogP contribution < -0.4 is 0 Å². The van der Waals surface area contributed by atoms with Gasteiger partial charge in [-0.2, -0.15) is 13.2 Å². The lowest BCUT2D eigenvalue weighted by Gasteiger charge is -2.11. The third-order valence-electron chi connectivity index (χ3n) is 2.27. The number of hydrogen-bond donors (Lipinski definition) is 0. The van der Waals surface area contributed by atoms with E-state index >= 15 is 0 Å². The largest absolute Gasteiger partial charge is 0.416 e. The van der Waals surface area contributed by atoms with Crippen molar-refractivity contribution < 1.29 is 27.5 Å². The van der Waals surface area contributed by atoms with Crippen LogP contribution in [0.2, 0.25) is 0 Å². The average molecular weight is 260 g/mol. The summed E-state index contributed by atoms with van der Waals surface area (Å²) in [4.78, 5) is 22.1. The Morgan fingerprint density at radius 1 is 1.28 bits per heavy atom. The van der Waals surface area contributed by atoms with Gasteiger partial charge in [0, 0.05) is 6.92 Å². The number of carbonyl (C=O) groups excluding carboxylic acids is 2. The average Bonchev–Trinajstić information content (AvgIpc) is 2.26. The van der Waals surface area contributed by atoms with E-state index in [0.717, 1.165) is 25.1 Å². The summed E-state index contributed by atoms with van der Waals surface area (Å²) in [6.45, 7) is 2.66. The van der Waals surface area contributed by atoms with Crippen molar-refractivity contribution in [2.75, 3.05) is 0 Å². The Labute approximate surface area is 102 Å². The van der Waals surface area contributed by atoms with Crippen LogP contribution in [0.3, 0.4) is 0 Å². The van der Waals surface area contributed by atoms with E-state index in [1.807, 2.05) is 0 Å². The van der Waals surface area contributed by atoms with Crippen LogP contribution in [-0.2, 0) is 22.1 Å². The summed E-state index contributed by atoms with van der Waals surface area (Å²) in [6.07, 6.45) is -4.24. The van der Waals surface area contributed by atoms with Crippen LogP contribution >= 0.6 is 0 Å². The molecule has 0 N–H and O–H groups in total. The number of hydrogen-bond acceptors (Lipinski definition) is 3. The molecule has 0 fully saturated rings. The van der Waals surface area contributed by atoms with Crippen LogP contribution in [0.25, 0.3) is 0 Å². The van der Waals surface area contributed by atoms with Crippen LogP contribution in [0.4, 0.5) is 13.2 Å². The first-order valence-corrected chi connectivity index (χ1v) is 5.18. The topological polar surface area (TPSA) is 43.4 Å². The first kappa shape index (κ1) is 14.2. The molecule has 0 aromatic heterocycles. The minimum atomic E-state index is -4.47. The molecule has 98 valence electrons. The molecule has 0 saturated heterocycles. The Balaban J connectivity index is 3.15. The molecule has 1 aromatic carbocycles. The van der Waals surface area contributed by atoms with Gasteiger partial charge >= 0.3 is 18.1 Å². The number of benzene rings is 1. The van der Waals surface area contributed by atoms with Crippen LogP contribution in [-0.4, -0.2) is 11.9 Å². The molecule has 0 atom stereocenters. The fourth-order valence-corrected chi connectivity index (χ4v) is 1.45. The van der Waals surface area contributed by atoms with Gasteiger partial charge in [-0.25, -0.2) is 4.79 Å². The molecule has 0 unspecified atom stereocenters. The molecular formula is C12H11F3O3. The molecule has 0 saturated carbocycles. The van der Waals surface area contributed by atoms with Gasteiger partial charge in [0.25, 0.3) is 0 Å². The Hall–Kier alpha value is -1.85. The highest BCUT2D eigenvalue weighted by Crippen LogP contribution is 2.30. The molecule has 6 heteroatoms. The Bertz CT molecular complexity index is 478. The molecule has 0 aliphatic rings. The van der Waals surface area contributed by atoms with E-state index in [1.165, 1.54) is 0 Å². The van der Waals surface area contributed by atoms with E-state index < -0.39 is 23.7 Å². The van der Waals surface area contributed by atoms with Crippen LogP contribution in [0, 0.1) is 0 Å². The SMILES string of the molecule is CCc1cc(C(F)(F)F)ccc1C(=O)OC(C)=O. The highest BCUT2D eigenvalue weighted by atomic mass is 19.4. The van der Waals surface area contributed by atoms with Gasteiger partial charge in [-0.1, -0.05) is 6.92 Å². The fraction of sp³-hybridized carbons (Fsp3) is 0.333. The summed E-state index contributed by atoms with van der Waals surface area (Å²) in [5, 5.41) is 0. The van der Waals surface area contributed by atoms with Gasteiger partial charge in [0.05, 0.1) is 11.1 Å². The van der Waals surface area contributed by atoms with Crippen molar-refractivity contribution in [3.63, 3.8) is 0 Å². The zero-order valence-electron chi connectivity index (χ0n) is 9.80. The third-order valence-corrected chi connectivity index (χ3v) is 2.27. The van der Waals surface area contributed by atoms with E-state index in [4.69, 9.17) is 0 Å². The van der Waals surface area contributed by atoms with Gasteiger partial charge < -0.3 is 4.74 Å². The lowest BCUT2D eigenvalue weighted by Crippen LogP contribution is -2.13. The highest BCUT2D eigenvalue weighted by molar-refractivity contribution is 5.97. The van der Waals surface area contributed by atoms with Crippen molar-refractivity contribution in [2.45, 2.75) is 26.4 Å². The van der Waals surface area contributed by atoms with E-state index in [0.29, 0.717) is 0 Å². The zero-order valence-corrected chi connectivity index (χ0v) is 9.80. The minimum absolute atomic E-state index is 0.0271. The van der Waals surface area contributed by atoms with Gasteiger partial charge in [0.2, 0.25) is 0 Å². The second kappa shape index (κ2) is 5.20. The Morgan fingerprint density at radius 3 is 2.33 bits per heavy atom. The zero-order chi connectivity index (χ0) is 13.9. The number of halogens is 3. The molecule has 0 radical (unpaired) electrons. The van der Waals surface area contributed by atoms with E-state index in [1.54, 1.807) is 6.92 Å². The number of ether oxygens (including phenoxy) is 1. The summed E-state index contributed by atoms with van der Waals surface area (Å²) in [5.41, 5.74) is -0.671. The molecule has 3 nitrogen and oxygen atoms in total. The number of aryl methyl sites for hydroxylation is 1. The van der Waals surface area contributed by atoms with Crippen molar-refractivity contribution in [1.29, 1.82) is 0 Å². The standard InChI is InChI=1S/C12H11F3O3/c1-3-8-6-9(12(13,14)15)4-5-10(8)11(17)18-7(2)16/h4-6H,3H2,1-2H3.